The van der Waals surface area contributed by atoms with Crippen LogP contribution in [0, 0.1) is 11.7 Å². The Bertz CT molecular complexity index is 644. The zero-order valence-corrected chi connectivity index (χ0v) is 15.1. The minimum atomic E-state index is -0.761. The summed E-state index contributed by atoms with van der Waals surface area (Å²) in [6, 6.07) is 6.94. The Kier molecular flexibility index (Phi) is 6.25. The van der Waals surface area contributed by atoms with Gasteiger partial charge < -0.3 is 10.0 Å². The average molecular weight is 362 g/mol. The van der Waals surface area contributed by atoms with E-state index in [0.29, 0.717) is 38.9 Å². The first kappa shape index (κ1) is 18.8. The highest BCUT2D eigenvalue weighted by atomic mass is 19.1. The van der Waals surface area contributed by atoms with Gasteiger partial charge in [-0.15, -0.1) is 0 Å². The summed E-state index contributed by atoms with van der Waals surface area (Å²) < 4.78 is 13.6. The number of nitrogens with zero attached hydrogens (tertiary/aromatic N) is 2. The van der Waals surface area contributed by atoms with Crippen molar-refractivity contribution in [1.82, 2.24) is 9.80 Å². The van der Waals surface area contributed by atoms with Crippen LogP contribution >= 0.6 is 0 Å². The molecular formula is C20H27FN2O3. The first-order chi connectivity index (χ1) is 12.5. The van der Waals surface area contributed by atoms with Crippen molar-refractivity contribution < 1.29 is 19.1 Å². The minimum absolute atomic E-state index is 0.0948. The van der Waals surface area contributed by atoms with E-state index < -0.39 is 5.97 Å². The molecule has 5 nitrogen and oxygen atoms in total. The number of carboxylic acid groups (broad SMARTS) is 1. The van der Waals surface area contributed by atoms with Gasteiger partial charge in [0.1, 0.15) is 5.82 Å². The number of rotatable bonds is 5. The molecule has 3 rings (SSSR count). The van der Waals surface area contributed by atoms with Crippen LogP contribution in [0.1, 0.15) is 50.1 Å². The highest BCUT2D eigenvalue weighted by Gasteiger charge is 2.28. The summed E-state index contributed by atoms with van der Waals surface area (Å²) >= 11 is 0. The van der Waals surface area contributed by atoms with Gasteiger partial charge in [0.25, 0.3) is 0 Å². The van der Waals surface area contributed by atoms with Crippen molar-refractivity contribution in [2.24, 2.45) is 5.92 Å². The van der Waals surface area contributed by atoms with Gasteiger partial charge in [-0.1, -0.05) is 18.6 Å². The van der Waals surface area contributed by atoms with E-state index in [1.165, 1.54) is 6.07 Å². The maximum Gasteiger partial charge on any atom is 0.306 e. The number of benzene rings is 1. The van der Waals surface area contributed by atoms with Crippen LogP contribution in [0.25, 0.3) is 0 Å². The predicted octanol–water partition coefficient (Wildman–Crippen LogP) is 3.07. The Labute approximate surface area is 153 Å². The van der Waals surface area contributed by atoms with Gasteiger partial charge in [-0.25, -0.2) is 4.39 Å². The Morgan fingerprint density at radius 2 is 1.88 bits per heavy atom. The number of aliphatic carboxylic acids is 1. The second-order valence-electron chi connectivity index (χ2n) is 7.35. The van der Waals surface area contributed by atoms with Gasteiger partial charge in [-0.05, 0) is 49.9 Å². The summed E-state index contributed by atoms with van der Waals surface area (Å²) in [4.78, 5) is 27.6. The largest absolute Gasteiger partial charge is 0.481 e. The molecule has 6 heteroatoms. The van der Waals surface area contributed by atoms with Crippen molar-refractivity contribution in [2.45, 2.75) is 44.6 Å². The lowest BCUT2D eigenvalue weighted by Gasteiger charge is -2.37. The van der Waals surface area contributed by atoms with E-state index in [4.69, 9.17) is 5.11 Å². The predicted molar refractivity (Wildman–Crippen MR) is 96.1 cm³/mol. The molecule has 2 aliphatic heterocycles. The second kappa shape index (κ2) is 8.62. The fourth-order valence-electron chi connectivity index (χ4n) is 4.12. The van der Waals surface area contributed by atoms with E-state index in [2.05, 4.69) is 4.90 Å². The van der Waals surface area contributed by atoms with E-state index in [1.54, 1.807) is 17.0 Å². The quantitative estimate of drug-likeness (QED) is 0.874. The number of carbonyl (C=O) groups is 2. The summed E-state index contributed by atoms with van der Waals surface area (Å²) in [5, 5.41) is 9.06. The number of likely N-dealkylation sites (tertiary alicyclic amines) is 2. The molecule has 0 saturated carbocycles. The molecule has 2 aliphatic rings. The van der Waals surface area contributed by atoms with Gasteiger partial charge >= 0.3 is 5.97 Å². The third kappa shape index (κ3) is 4.61. The molecule has 0 unspecified atom stereocenters. The van der Waals surface area contributed by atoms with E-state index in [-0.39, 0.29) is 23.7 Å². The summed E-state index contributed by atoms with van der Waals surface area (Å²) in [5.41, 5.74) is 0.986. The molecule has 0 spiro atoms. The highest BCUT2D eigenvalue weighted by Crippen LogP contribution is 2.31. The summed E-state index contributed by atoms with van der Waals surface area (Å²) in [7, 11) is 0. The van der Waals surface area contributed by atoms with Crippen LogP contribution in [0.5, 0.6) is 0 Å². The molecule has 0 aliphatic carbocycles. The Balaban J connectivity index is 1.54. The zero-order chi connectivity index (χ0) is 18.5. The minimum Gasteiger partial charge on any atom is -0.481 e. The Morgan fingerprint density at radius 1 is 1.12 bits per heavy atom. The van der Waals surface area contributed by atoms with Gasteiger partial charge in [0.05, 0.1) is 5.92 Å². The van der Waals surface area contributed by atoms with Crippen molar-refractivity contribution in [2.75, 3.05) is 26.2 Å². The molecule has 1 atom stereocenters. The molecule has 0 bridgehead atoms. The number of hydrogen-bond acceptors (Lipinski definition) is 3. The lowest BCUT2D eigenvalue weighted by Crippen LogP contribution is -2.42. The third-order valence-corrected chi connectivity index (χ3v) is 5.66. The molecule has 1 N–H and O–H groups in total. The summed E-state index contributed by atoms with van der Waals surface area (Å²) in [5.74, 6) is -1.20. The summed E-state index contributed by atoms with van der Waals surface area (Å²) in [6.07, 6.45) is 4.72. The number of carbonyl (C=O) groups excluding carboxylic acids is 1. The highest BCUT2D eigenvalue weighted by molar-refractivity contribution is 5.77. The van der Waals surface area contributed by atoms with Gasteiger partial charge in [0.15, 0.2) is 0 Å². The van der Waals surface area contributed by atoms with Crippen LogP contribution in [-0.2, 0) is 9.59 Å². The number of halogens is 1. The maximum absolute atomic E-state index is 13.6. The molecule has 1 aromatic rings. The number of hydrogen-bond donors (Lipinski definition) is 1. The van der Waals surface area contributed by atoms with Crippen LogP contribution in [0.3, 0.4) is 0 Å². The van der Waals surface area contributed by atoms with Crippen LogP contribution in [0.15, 0.2) is 24.3 Å². The van der Waals surface area contributed by atoms with Gasteiger partial charge in [0.2, 0.25) is 5.91 Å². The average Bonchev–Trinajstić information content (AvgIpc) is 2.66. The van der Waals surface area contributed by atoms with Crippen LogP contribution in [0.4, 0.5) is 4.39 Å². The molecular weight excluding hydrogens is 335 g/mol. The van der Waals surface area contributed by atoms with Gasteiger partial charge in [0, 0.05) is 32.1 Å². The third-order valence-electron chi connectivity index (χ3n) is 5.66. The van der Waals surface area contributed by atoms with Crippen LogP contribution < -0.4 is 0 Å². The molecule has 0 radical (unpaired) electrons. The number of amides is 1. The fourth-order valence-corrected chi connectivity index (χ4v) is 4.12. The van der Waals surface area contributed by atoms with Crippen molar-refractivity contribution >= 4 is 11.9 Å². The monoisotopic (exact) mass is 362 g/mol. The molecule has 2 heterocycles. The second-order valence-corrected chi connectivity index (χ2v) is 7.35. The van der Waals surface area contributed by atoms with E-state index in [0.717, 1.165) is 31.4 Å². The van der Waals surface area contributed by atoms with Crippen molar-refractivity contribution in [1.29, 1.82) is 0 Å². The molecule has 26 heavy (non-hydrogen) atoms. The van der Waals surface area contributed by atoms with E-state index in [1.807, 2.05) is 6.07 Å². The summed E-state index contributed by atoms with van der Waals surface area (Å²) in [6.45, 7) is 2.65. The molecule has 2 saturated heterocycles. The smallest absolute Gasteiger partial charge is 0.306 e. The topological polar surface area (TPSA) is 60.9 Å². The fraction of sp³-hybridized carbons (Fsp3) is 0.600. The molecule has 0 aromatic heterocycles. The lowest BCUT2D eigenvalue weighted by molar-refractivity contribution is -0.145. The number of piperidine rings is 2. The lowest BCUT2D eigenvalue weighted by atomic mass is 9.94. The van der Waals surface area contributed by atoms with Crippen molar-refractivity contribution in [3.63, 3.8) is 0 Å². The SMILES string of the molecule is O=C(O)C1CCN(C(=O)CCN2CCCC[C@H]2c2cccc(F)c2)CC1. The maximum atomic E-state index is 13.6. The molecule has 1 aromatic carbocycles. The Hall–Kier alpha value is -1.95. The van der Waals surface area contributed by atoms with E-state index in [9.17, 15) is 14.0 Å². The van der Waals surface area contributed by atoms with E-state index >= 15 is 0 Å². The zero-order valence-electron chi connectivity index (χ0n) is 15.1. The first-order valence-corrected chi connectivity index (χ1v) is 9.54. The molecule has 2 fully saturated rings. The van der Waals surface area contributed by atoms with Crippen molar-refractivity contribution in [3.8, 4) is 0 Å². The van der Waals surface area contributed by atoms with Gasteiger partial charge in [-0.2, -0.15) is 0 Å². The normalized spacial score (nSPS) is 22.3. The Morgan fingerprint density at radius 3 is 2.58 bits per heavy atom. The van der Waals surface area contributed by atoms with Crippen molar-refractivity contribution in [3.05, 3.63) is 35.6 Å². The standard InChI is InChI=1S/C20H27FN2O3/c21-17-5-3-4-16(14-17)18-6-1-2-10-22(18)13-9-19(24)23-11-7-15(8-12-23)20(25)26/h3-5,14-15,18H,1-2,6-13H2,(H,25,26)/t18-/m0/s1. The molecule has 1 amide bonds. The number of carboxylic acids is 1. The molecule has 142 valence electrons. The van der Waals surface area contributed by atoms with Crippen LogP contribution in [0.2, 0.25) is 0 Å². The van der Waals surface area contributed by atoms with Crippen LogP contribution in [-0.4, -0.2) is 53.0 Å². The van der Waals surface area contributed by atoms with Gasteiger partial charge in [-0.3, -0.25) is 14.5 Å². The first-order valence-electron chi connectivity index (χ1n) is 9.54.